The second-order valence-electron chi connectivity index (χ2n) is 10.9. The zero-order valence-corrected chi connectivity index (χ0v) is 26.9. The van der Waals surface area contributed by atoms with Gasteiger partial charge in [0.1, 0.15) is 21.2 Å². The van der Waals surface area contributed by atoms with E-state index in [0.29, 0.717) is 11.4 Å². The smallest absolute Gasteiger partial charge is 0.295 e. The van der Waals surface area contributed by atoms with E-state index in [9.17, 15) is 36.2 Å². The Bertz CT molecular complexity index is 2390. The summed E-state index contributed by atoms with van der Waals surface area (Å²) in [6, 6.07) is 25.2. The van der Waals surface area contributed by atoms with E-state index >= 15 is 0 Å². The Hall–Kier alpha value is -5.54. The highest BCUT2D eigenvalue weighted by Crippen LogP contribution is 2.40. The first-order valence-corrected chi connectivity index (χ1v) is 17.1. The van der Waals surface area contributed by atoms with Crippen LogP contribution in [0.15, 0.2) is 127 Å². The highest BCUT2D eigenvalue weighted by Gasteiger charge is 2.18. The SMILES string of the molecule is Cc1cc(-c2ccc(N=Nc3ccc4c(S(=O)(=O)O)cccc4c3O)c(C)c2)ccc1N=Nc1ccc2c(S(=O)(=O)O)cccc2c1O. The van der Waals surface area contributed by atoms with Crippen molar-refractivity contribution in [3.8, 4) is 22.6 Å². The minimum Gasteiger partial charge on any atom is -0.505 e. The fourth-order valence-electron chi connectivity index (χ4n) is 5.32. The van der Waals surface area contributed by atoms with Gasteiger partial charge in [-0.3, -0.25) is 9.11 Å². The molecule has 12 nitrogen and oxygen atoms in total. The summed E-state index contributed by atoms with van der Waals surface area (Å²) >= 11 is 0. The Morgan fingerprint density at radius 1 is 0.458 bits per heavy atom. The van der Waals surface area contributed by atoms with Crippen molar-refractivity contribution in [3.05, 3.63) is 108 Å². The summed E-state index contributed by atoms with van der Waals surface area (Å²) in [5.74, 6) is -0.545. The van der Waals surface area contributed by atoms with Crippen molar-refractivity contribution in [2.24, 2.45) is 20.5 Å². The van der Waals surface area contributed by atoms with Gasteiger partial charge in [0, 0.05) is 21.5 Å². The van der Waals surface area contributed by atoms with E-state index in [1.54, 1.807) is 12.1 Å². The Balaban J connectivity index is 1.23. The van der Waals surface area contributed by atoms with Crippen LogP contribution in [0.2, 0.25) is 0 Å². The number of rotatable bonds is 7. The maximum absolute atomic E-state index is 11.7. The molecule has 0 saturated heterocycles. The van der Waals surface area contributed by atoms with Crippen molar-refractivity contribution in [1.82, 2.24) is 0 Å². The molecule has 0 bridgehead atoms. The first-order valence-electron chi connectivity index (χ1n) is 14.2. The molecular weight excluding hydrogens is 657 g/mol. The number of hydrogen-bond acceptors (Lipinski definition) is 10. The topological polar surface area (TPSA) is 199 Å². The molecule has 0 heterocycles. The number of hydrogen-bond donors (Lipinski definition) is 4. The van der Waals surface area contributed by atoms with Crippen molar-refractivity contribution in [2.75, 3.05) is 0 Å². The van der Waals surface area contributed by atoms with Gasteiger partial charge >= 0.3 is 0 Å². The normalized spacial score (nSPS) is 12.5. The minimum atomic E-state index is -4.49. The standard InChI is InChI=1S/C34H26N4O8S2/c1-19-17-21(9-13-27(19)35-37-29-15-11-23-25(33(29)39)5-3-7-31(23)47(41,42)43)22-10-14-28(20(2)18-22)36-38-30-16-12-24-26(34(30)40)6-4-8-32(24)48(44,45)46/h3-18,39-40H,1-2H3,(H,41,42,43)(H,44,45,46). The van der Waals surface area contributed by atoms with Crippen LogP contribution < -0.4 is 0 Å². The van der Waals surface area contributed by atoms with Crippen LogP contribution in [0.5, 0.6) is 11.5 Å². The Morgan fingerprint density at radius 3 is 1.17 bits per heavy atom. The van der Waals surface area contributed by atoms with Crippen LogP contribution in [-0.4, -0.2) is 36.2 Å². The predicted molar refractivity (Wildman–Crippen MR) is 181 cm³/mol. The second kappa shape index (κ2) is 12.2. The molecule has 0 spiro atoms. The Kier molecular flexibility index (Phi) is 8.26. The van der Waals surface area contributed by atoms with Gasteiger partial charge < -0.3 is 10.2 Å². The lowest BCUT2D eigenvalue weighted by atomic mass is 10.0. The number of nitrogens with zero attached hydrogens (tertiary/aromatic N) is 4. The van der Waals surface area contributed by atoms with Crippen LogP contribution in [0.4, 0.5) is 22.7 Å². The molecule has 6 aromatic rings. The molecule has 0 aliphatic rings. The second-order valence-corrected chi connectivity index (χ2v) is 13.7. The first-order chi connectivity index (χ1) is 22.7. The summed E-state index contributed by atoms with van der Waals surface area (Å²) in [5.41, 5.74) is 4.73. The summed E-state index contributed by atoms with van der Waals surface area (Å²) in [4.78, 5) is -0.639. The van der Waals surface area contributed by atoms with Crippen molar-refractivity contribution >= 4 is 64.5 Å². The van der Waals surface area contributed by atoms with E-state index in [2.05, 4.69) is 20.5 Å². The van der Waals surface area contributed by atoms with Gasteiger partial charge in [-0.25, -0.2) is 0 Å². The van der Waals surface area contributed by atoms with Gasteiger partial charge in [-0.15, -0.1) is 10.2 Å². The number of phenolic OH excluding ortho intramolecular Hbond substituents is 2. The quantitative estimate of drug-likeness (QED) is 0.0944. The van der Waals surface area contributed by atoms with Crippen LogP contribution in [0.1, 0.15) is 11.1 Å². The molecule has 0 fully saturated rings. The van der Waals surface area contributed by atoms with E-state index in [0.717, 1.165) is 22.3 Å². The summed E-state index contributed by atoms with van der Waals surface area (Å²) in [7, 11) is -8.97. The third kappa shape index (κ3) is 6.24. The van der Waals surface area contributed by atoms with Crippen LogP contribution in [0, 0.1) is 13.8 Å². The van der Waals surface area contributed by atoms with E-state index in [1.807, 2.05) is 38.1 Å². The van der Waals surface area contributed by atoms with Gasteiger partial charge in [-0.2, -0.15) is 27.1 Å². The molecular formula is C34H26N4O8S2. The number of fused-ring (bicyclic) bond motifs is 2. The molecule has 48 heavy (non-hydrogen) atoms. The summed E-state index contributed by atoms with van der Waals surface area (Å²) in [5, 5.41) is 39.1. The third-order valence-corrected chi connectivity index (χ3v) is 9.58. The molecule has 14 heteroatoms. The Labute approximate surface area is 274 Å². The number of azo groups is 2. The summed E-state index contributed by atoms with van der Waals surface area (Å²) in [6.07, 6.45) is 0. The van der Waals surface area contributed by atoms with Crippen LogP contribution in [0.25, 0.3) is 32.7 Å². The highest BCUT2D eigenvalue weighted by molar-refractivity contribution is 7.86. The average molecular weight is 683 g/mol. The molecule has 0 saturated carbocycles. The molecule has 242 valence electrons. The maximum atomic E-state index is 11.7. The molecule has 4 N–H and O–H groups in total. The summed E-state index contributed by atoms with van der Waals surface area (Å²) in [6.45, 7) is 3.72. The molecule has 6 aromatic carbocycles. The molecule has 0 radical (unpaired) electrons. The van der Waals surface area contributed by atoms with Crippen molar-refractivity contribution < 1.29 is 36.2 Å². The van der Waals surface area contributed by atoms with Crippen molar-refractivity contribution in [3.63, 3.8) is 0 Å². The lowest BCUT2D eigenvalue weighted by Crippen LogP contribution is -1.98. The first kappa shape index (κ1) is 32.4. The largest absolute Gasteiger partial charge is 0.505 e. The van der Waals surface area contributed by atoms with E-state index in [1.165, 1.54) is 60.7 Å². The fourth-order valence-corrected chi connectivity index (χ4v) is 6.74. The number of aromatic hydroxyl groups is 2. The highest BCUT2D eigenvalue weighted by atomic mass is 32.2. The van der Waals surface area contributed by atoms with E-state index in [-0.39, 0.29) is 54.2 Å². The lowest BCUT2D eigenvalue weighted by molar-refractivity contribution is 0.480. The lowest BCUT2D eigenvalue weighted by Gasteiger charge is -2.09. The van der Waals surface area contributed by atoms with Crippen LogP contribution in [0.3, 0.4) is 0 Å². The molecule has 0 aliphatic heterocycles. The molecule has 0 unspecified atom stereocenters. The van der Waals surface area contributed by atoms with Crippen LogP contribution in [-0.2, 0) is 20.2 Å². The van der Waals surface area contributed by atoms with Gasteiger partial charge in [0.25, 0.3) is 20.2 Å². The number of benzene rings is 6. The molecule has 0 amide bonds. The van der Waals surface area contributed by atoms with Gasteiger partial charge in [0.15, 0.2) is 11.5 Å². The van der Waals surface area contributed by atoms with Crippen molar-refractivity contribution in [1.29, 1.82) is 0 Å². The molecule has 0 aromatic heterocycles. The fraction of sp³-hybridized carbons (Fsp3) is 0.0588. The number of aryl methyl sites for hydroxylation is 2. The maximum Gasteiger partial charge on any atom is 0.295 e. The van der Waals surface area contributed by atoms with Gasteiger partial charge in [0.05, 0.1) is 11.4 Å². The van der Waals surface area contributed by atoms with E-state index < -0.39 is 20.2 Å². The molecule has 0 aliphatic carbocycles. The zero-order valence-electron chi connectivity index (χ0n) is 25.3. The molecule has 6 rings (SSSR count). The third-order valence-electron chi connectivity index (χ3n) is 7.76. The van der Waals surface area contributed by atoms with Crippen molar-refractivity contribution in [2.45, 2.75) is 23.6 Å². The average Bonchev–Trinajstić information content (AvgIpc) is 3.04. The van der Waals surface area contributed by atoms with Gasteiger partial charge in [0.2, 0.25) is 0 Å². The van der Waals surface area contributed by atoms with Gasteiger partial charge in [-0.05, 0) is 84.6 Å². The predicted octanol–water partition coefficient (Wildman–Crippen LogP) is 9.01. The monoisotopic (exact) mass is 682 g/mol. The van der Waals surface area contributed by atoms with E-state index in [4.69, 9.17) is 0 Å². The Morgan fingerprint density at radius 2 is 0.812 bits per heavy atom. The summed E-state index contributed by atoms with van der Waals surface area (Å²) < 4.78 is 65.9. The van der Waals surface area contributed by atoms with Crippen LogP contribution >= 0.6 is 0 Å². The minimum absolute atomic E-state index is 0.124. The molecule has 0 atom stereocenters. The van der Waals surface area contributed by atoms with Gasteiger partial charge in [-0.1, -0.05) is 48.5 Å². The zero-order chi connectivity index (χ0) is 34.4. The number of phenols is 2.